The molecular formula is C14H16N4. The molecule has 1 unspecified atom stereocenters. The number of aromatic nitrogens is 1. The summed E-state index contributed by atoms with van der Waals surface area (Å²) in [4.78, 5) is 6.59. The van der Waals surface area contributed by atoms with Gasteiger partial charge in [0.05, 0.1) is 18.0 Å². The van der Waals surface area contributed by atoms with Gasteiger partial charge in [0.1, 0.15) is 5.82 Å². The number of nitrogens with two attached hydrogens (primary N) is 1. The van der Waals surface area contributed by atoms with E-state index in [0.717, 1.165) is 22.4 Å². The van der Waals surface area contributed by atoms with Crippen LogP contribution in [0.4, 0.5) is 11.5 Å². The second-order valence-corrected chi connectivity index (χ2v) is 4.44. The van der Waals surface area contributed by atoms with Crippen LogP contribution in [-0.4, -0.2) is 18.1 Å². The molecule has 4 heteroatoms. The fourth-order valence-corrected chi connectivity index (χ4v) is 1.82. The molecule has 2 aromatic rings. The van der Waals surface area contributed by atoms with Gasteiger partial charge in [0.2, 0.25) is 0 Å². The van der Waals surface area contributed by atoms with Crippen LogP contribution in [0, 0.1) is 11.3 Å². The van der Waals surface area contributed by atoms with Crippen LogP contribution in [0.25, 0.3) is 10.9 Å². The summed E-state index contributed by atoms with van der Waals surface area (Å²) in [6.07, 6.45) is 0.484. The van der Waals surface area contributed by atoms with Crippen LogP contribution in [0.5, 0.6) is 0 Å². The minimum atomic E-state index is 0.147. The van der Waals surface area contributed by atoms with Gasteiger partial charge in [0.25, 0.3) is 0 Å². The first-order chi connectivity index (χ1) is 8.61. The highest BCUT2D eigenvalue weighted by molar-refractivity contribution is 5.83. The Morgan fingerprint density at radius 2 is 2.17 bits per heavy atom. The lowest BCUT2D eigenvalue weighted by Crippen LogP contribution is -2.29. The highest BCUT2D eigenvalue weighted by Gasteiger charge is 2.11. The number of anilines is 2. The van der Waals surface area contributed by atoms with Gasteiger partial charge in [-0.05, 0) is 37.3 Å². The molecule has 92 valence electrons. The van der Waals surface area contributed by atoms with Crippen LogP contribution in [0.15, 0.2) is 30.3 Å². The Balaban J connectivity index is 2.35. The predicted molar refractivity (Wildman–Crippen MR) is 74.3 cm³/mol. The molecule has 0 aliphatic heterocycles. The largest absolute Gasteiger partial charge is 0.399 e. The third kappa shape index (κ3) is 2.35. The molecule has 1 heterocycles. The smallest absolute Gasteiger partial charge is 0.129 e. The van der Waals surface area contributed by atoms with Crippen molar-refractivity contribution in [2.45, 2.75) is 19.4 Å². The van der Waals surface area contributed by atoms with Crippen molar-refractivity contribution in [2.24, 2.45) is 0 Å². The maximum absolute atomic E-state index is 8.72. The van der Waals surface area contributed by atoms with Crippen LogP contribution in [-0.2, 0) is 0 Å². The molecule has 0 aliphatic carbocycles. The van der Waals surface area contributed by atoms with Gasteiger partial charge < -0.3 is 10.6 Å². The van der Waals surface area contributed by atoms with Gasteiger partial charge in [0, 0.05) is 24.2 Å². The van der Waals surface area contributed by atoms with Crippen molar-refractivity contribution in [3.63, 3.8) is 0 Å². The minimum absolute atomic E-state index is 0.147. The van der Waals surface area contributed by atoms with E-state index in [2.05, 4.69) is 11.1 Å². The predicted octanol–water partition coefficient (Wildman–Crippen LogP) is 2.56. The zero-order valence-electron chi connectivity index (χ0n) is 10.6. The maximum atomic E-state index is 8.72. The van der Waals surface area contributed by atoms with Crippen LogP contribution in [0.1, 0.15) is 13.3 Å². The molecule has 0 spiro atoms. The van der Waals surface area contributed by atoms with Crippen molar-refractivity contribution in [1.82, 2.24) is 4.98 Å². The van der Waals surface area contributed by atoms with Gasteiger partial charge in [-0.1, -0.05) is 0 Å². The van der Waals surface area contributed by atoms with E-state index < -0.39 is 0 Å². The number of hydrogen-bond acceptors (Lipinski definition) is 4. The summed E-state index contributed by atoms with van der Waals surface area (Å²) in [5.74, 6) is 0.870. The Labute approximate surface area is 107 Å². The Morgan fingerprint density at radius 3 is 2.89 bits per heavy atom. The van der Waals surface area contributed by atoms with Crippen molar-refractivity contribution in [1.29, 1.82) is 5.26 Å². The number of nitrogens with zero attached hydrogens (tertiary/aromatic N) is 3. The van der Waals surface area contributed by atoms with Gasteiger partial charge in [-0.3, -0.25) is 0 Å². The van der Waals surface area contributed by atoms with Gasteiger partial charge in [-0.15, -0.1) is 0 Å². The SMILES string of the molecule is CC(CC#N)N(C)c1ccc2cc(N)ccc2n1. The number of hydrogen-bond donors (Lipinski definition) is 1. The minimum Gasteiger partial charge on any atom is -0.399 e. The Morgan fingerprint density at radius 1 is 1.39 bits per heavy atom. The first kappa shape index (κ1) is 12.2. The lowest BCUT2D eigenvalue weighted by atomic mass is 10.2. The van der Waals surface area contributed by atoms with Crippen molar-refractivity contribution < 1.29 is 0 Å². The van der Waals surface area contributed by atoms with Crippen LogP contribution in [0.3, 0.4) is 0 Å². The molecular weight excluding hydrogens is 224 g/mol. The topological polar surface area (TPSA) is 65.9 Å². The third-order valence-corrected chi connectivity index (χ3v) is 3.11. The Kier molecular flexibility index (Phi) is 3.33. The van der Waals surface area contributed by atoms with E-state index in [1.54, 1.807) is 0 Å². The number of nitriles is 1. The summed E-state index contributed by atoms with van der Waals surface area (Å²) < 4.78 is 0. The van der Waals surface area contributed by atoms with E-state index in [1.807, 2.05) is 49.2 Å². The summed E-state index contributed by atoms with van der Waals surface area (Å²) in [7, 11) is 1.95. The number of rotatable bonds is 3. The molecule has 0 amide bonds. The highest BCUT2D eigenvalue weighted by Crippen LogP contribution is 2.21. The number of benzene rings is 1. The molecule has 1 aromatic carbocycles. The van der Waals surface area contributed by atoms with E-state index in [-0.39, 0.29) is 6.04 Å². The van der Waals surface area contributed by atoms with E-state index in [1.165, 1.54) is 0 Å². The van der Waals surface area contributed by atoms with Crippen LogP contribution in [0.2, 0.25) is 0 Å². The average molecular weight is 240 g/mol. The molecule has 1 aromatic heterocycles. The Hall–Kier alpha value is -2.28. The zero-order chi connectivity index (χ0) is 13.1. The number of pyridine rings is 1. The van der Waals surface area contributed by atoms with E-state index in [4.69, 9.17) is 11.0 Å². The first-order valence-electron chi connectivity index (χ1n) is 5.88. The van der Waals surface area contributed by atoms with E-state index in [9.17, 15) is 0 Å². The first-order valence-corrected chi connectivity index (χ1v) is 5.88. The second-order valence-electron chi connectivity index (χ2n) is 4.44. The highest BCUT2D eigenvalue weighted by atomic mass is 15.2. The van der Waals surface area contributed by atoms with E-state index >= 15 is 0 Å². The molecule has 4 nitrogen and oxygen atoms in total. The molecule has 1 atom stereocenters. The molecule has 2 rings (SSSR count). The lowest BCUT2D eigenvalue weighted by Gasteiger charge is -2.24. The summed E-state index contributed by atoms with van der Waals surface area (Å²) >= 11 is 0. The molecule has 0 aliphatic rings. The van der Waals surface area contributed by atoms with Gasteiger partial charge >= 0.3 is 0 Å². The molecule has 0 bridgehead atoms. The third-order valence-electron chi connectivity index (χ3n) is 3.11. The molecule has 0 saturated heterocycles. The quantitative estimate of drug-likeness (QED) is 0.837. The standard InChI is InChI=1S/C14H16N4/c1-10(7-8-15)18(2)14-6-3-11-9-12(16)4-5-13(11)17-14/h3-6,9-10H,7,16H2,1-2H3. The summed E-state index contributed by atoms with van der Waals surface area (Å²) in [5.41, 5.74) is 7.39. The zero-order valence-corrected chi connectivity index (χ0v) is 10.6. The monoisotopic (exact) mass is 240 g/mol. The lowest BCUT2D eigenvalue weighted by molar-refractivity contribution is 0.695. The van der Waals surface area contributed by atoms with Gasteiger partial charge in [-0.25, -0.2) is 4.98 Å². The van der Waals surface area contributed by atoms with Crippen molar-refractivity contribution in [3.05, 3.63) is 30.3 Å². The molecule has 2 N–H and O–H groups in total. The second kappa shape index (κ2) is 4.92. The van der Waals surface area contributed by atoms with Crippen LogP contribution >= 0.6 is 0 Å². The van der Waals surface area contributed by atoms with Crippen LogP contribution < -0.4 is 10.6 Å². The molecule has 0 saturated carbocycles. The summed E-state index contributed by atoms with van der Waals surface area (Å²) in [5, 5.41) is 9.75. The van der Waals surface area contributed by atoms with Gasteiger partial charge in [-0.2, -0.15) is 5.26 Å². The van der Waals surface area contributed by atoms with Crippen molar-refractivity contribution in [2.75, 3.05) is 17.7 Å². The fourth-order valence-electron chi connectivity index (χ4n) is 1.82. The molecule has 18 heavy (non-hydrogen) atoms. The maximum Gasteiger partial charge on any atom is 0.129 e. The van der Waals surface area contributed by atoms with Gasteiger partial charge in [0.15, 0.2) is 0 Å². The summed E-state index contributed by atoms with van der Waals surface area (Å²) in [6, 6.07) is 11.9. The van der Waals surface area contributed by atoms with Crippen molar-refractivity contribution in [3.8, 4) is 6.07 Å². The molecule has 0 fully saturated rings. The normalized spacial score (nSPS) is 12.1. The summed E-state index contributed by atoms with van der Waals surface area (Å²) in [6.45, 7) is 2.01. The van der Waals surface area contributed by atoms with E-state index in [0.29, 0.717) is 6.42 Å². The number of fused-ring (bicyclic) bond motifs is 1. The Bertz CT molecular complexity index is 600. The van der Waals surface area contributed by atoms with Crippen molar-refractivity contribution >= 4 is 22.4 Å². The fraction of sp³-hybridized carbons (Fsp3) is 0.286. The average Bonchev–Trinajstić information content (AvgIpc) is 2.37. The number of nitrogen functional groups attached to an aromatic ring is 1. The molecule has 0 radical (unpaired) electrons.